The van der Waals surface area contributed by atoms with E-state index in [4.69, 9.17) is 11.6 Å². The average Bonchev–Trinajstić information content (AvgIpc) is 3.01. The van der Waals surface area contributed by atoms with E-state index >= 15 is 0 Å². The molecule has 1 aliphatic heterocycles. The predicted octanol–water partition coefficient (Wildman–Crippen LogP) is 2.63. The molecule has 2 fully saturated rings. The van der Waals surface area contributed by atoms with Crippen molar-refractivity contribution in [2.45, 2.75) is 44.6 Å². The molecule has 1 saturated carbocycles. The Morgan fingerprint density at radius 3 is 2.78 bits per heavy atom. The molecule has 1 amide bonds. The van der Waals surface area contributed by atoms with Crippen molar-refractivity contribution in [3.63, 3.8) is 0 Å². The second-order valence-corrected chi connectivity index (χ2v) is 7.89. The summed E-state index contributed by atoms with van der Waals surface area (Å²) in [4.78, 5) is 12.7. The first-order chi connectivity index (χ1) is 11.0. The molecule has 0 radical (unpaired) electrons. The highest BCUT2D eigenvalue weighted by atomic mass is 35.5. The van der Waals surface area contributed by atoms with Gasteiger partial charge in [-0.2, -0.15) is 0 Å². The van der Waals surface area contributed by atoms with Crippen LogP contribution in [0.2, 0.25) is 5.02 Å². The van der Waals surface area contributed by atoms with Crippen LogP contribution in [0.15, 0.2) is 24.3 Å². The summed E-state index contributed by atoms with van der Waals surface area (Å²) in [6.45, 7) is 5.91. The van der Waals surface area contributed by atoms with E-state index in [-0.39, 0.29) is 23.3 Å². The number of halogens is 1. The van der Waals surface area contributed by atoms with E-state index in [1.165, 1.54) is 12.0 Å². The number of hydrogen-bond donors (Lipinski definition) is 3. The van der Waals surface area contributed by atoms with Crippen molar-refractivity contribution in [3.05, 3.63) is 34.9 Å². The summed E-state index contributed by atoms with van der Waals surface area (Å²) >= 11 is 5.96. The summed E-state index contributed by atoms with van der Waals surface area (Å²) in [5.74, 6) is 0.839. The standard InChI is InChI=1S/C18H26ClN3O/c1-18(2,13-6-8-14(19)9-7-13)11-20-17(23)15-5-3-4-12-10-21-22-16(12)15/h6-9,12,15-16,21-22H,3-5,10-11H2,1-2H3,(H,20,23). The fraction of sp³-hybridized carbons (Fsp3) is 0.611. The Morgan fingerprint density at radius 1 is 1.30 bits per heavy atom. The minimum atomic E-state index is -0.115. The van der Waals surface area contributed by atoms with Crippen LogP contribution in [0.25, 0.3) is 0 Å². The van der Waals surface area contributed by atoms with Gasteiger partial charge in [0.05, 0.1) is 5.92 Å². The zero-order chi connectivity index (χ0) is 16.4. The lowest BCUT2D eigenvalue weighted by Crippen LogP contribution is -2.49. The van der Waals surface area contributed by atoms with Gasteiger partial charge in [-0.25, -0.2) is 0 Å². The molecule has 2 aliphatic rings. The number of fused-ring (bicyclic) bond motifs is 1. The van der Waals surface area contributed by atoms with E-state index in [2.05, 4.69) is 30.0 Å². The summed E-state index contributed by atoms with van der Waals surface area (Å²) in [7, 11) is 0. The molecule has 0 spiro atoms. The fourth-order valence-corrected chi connectivity index (χ4v) is 3.91. The van der Waals surface area contributed by atoms with Gasteiger partial charge in [0.25, 0.3) is 0 Å². The molecule has 1 saturated heterocycles. The highest BCUT2D eigenvalue weighted by molar-refractivity contribution is 6.30. The van der Waals surface area contributed by atoms with Gasteiger partial charge < -0.3 is 5.32 Å². The van der Waals surface area contributed by atoms with Crippen molar-refractivity contribution in [3.8, 4) is 0 Å². The maximum Gasteiger partial charge on any atom is 0.224 e. The maximum atomic E-state index is 12.7. The second kappa shape index (κ2) is 6.80. The lowest BCUT2D eigenvalue weighted by Gasteiger charge is -2.33. The molecular formula is C18H26ClN3O. The molecule has 1 aliphatic carbocycles. The van der Waals surface area contributed by atoms with Gasteiger partial charge in [0.1, 0.15) is 0 Å². The van der Waals surface area contributed by atoms with Gasteiger partial charge >= 0.3 is 0 Å². The molecule has 126 valence electrons. The Hall–Kier alpha value is -1.10. The van der Waals surface area contributed by atoms with Gasteiger partial charge in [0.2, 0.25) is 5.91 Å². The van der Waals surface area contributed by atoms with Gasteiger partial charge in [-0.1, -0.05) is 44.0 Å². The normalized spacial score (nSPS) is 27.5. The Labute approximate surface area is 143 Å². The number of hydrogen-bond acceptors (Lipinski definition) is 3. The lowest BCUT2D eigenvalue weighted by atomic mass is 9.77. The largest absolute Gasteiger partial charge is 0.355 e. The van der Waals surface area contributed by atoms with Crippen LogP contribution in [-0.2, 0) is 10.2 Å². The topological polar surface area (TPSA) is 53.2 Å². The monoisotopic (exact) mass is 335 g/mol. The van der Waals surface area contributed by atoms with Crippen LogP contribution in [0.5, 0.6) is 0 Å². The van der Waals surface area contributed by atoms with Crippen LogP contribution >= 0.6 is 11.6 Å². The molecule has 1 aromatic rings. The van der Waals surface area contributed by atoms with Crippen molar-refractivity contribution in [1.82, 2.24) is 16.2 Å². The Kier molecular flexibility index (Phi) is 4.95. The fourth-order valence-electron chi connectivity index (χ4n) is 3.78. The number of carbonyl (C=O) groups excluding carboxylic acids is 1. The van der Waals surface area contributed by atoms with Crippen molar-refractivity contribution in [2.75, 3.05) is 13.1 Å². The van der Waals surface area contributed by atoms with Gasteiger partial charge in [-0.05, 0) is 36.5 Å². The van der Waals surface area contributed by atoms with E-state index in [0.29, 0.717) is 12.5 Å². The number of benzene rings is 1. The molecule has 0 bridgehead atoms. The van der Waals surface area contributed by atoms with Crippen molar-refractivity contribution < 1.29 is 4.79 Å². The van der Waals surface area contributed by atoms with Gasteiger partial charge in [-0.15, -0.1) is 0 Å². The molecule has 1 heterocycles. The third-order valence-corrected chi connectivity index (χ3v) is 5.58. The highest BCUT2D eigenvalue weighted by Crippen LogP contribution is 2.31. The van der Waals surface area contributed by atoms with Crippen molar-refractivity contribution in [1.29, 1.82) is 0 Å². The lowest BCUT2D eigenvalue weighted by molar-refractivity contribution is -0.127. The first-order valence-corrected chi connectivity index (χ1v) is 8.87. The third kappa shape index (κ3) is 3.70. The highest BCUT2D eigenvalue weighted by Gasteiger charge is 2.40. The molecule has 23 heavy (non-hydrogen) atoms. The second-order valence-electron chi connectivity index (χ2n) is 7.46. The maximum absolute atomic E-state index is 12.7. The minimum absolute atomic E-state index is 0.0739. The number of rotatable bonds is 4. The zero-order valence-corrected chi connectivity index (χ0v) is 14.6. The molecule has 5 heteroatoms. The number of nitrogens with one attached hydrogen (secondary N) is 3. The first kappa shape index (κ1) is 16.7. The Balaban J connectivity index is 1.60. The average molecular weight is 336 g/mol. The minimum Gasteiger partial charge on any atom is -0.355 e. The molecule has 4 nitrogen and oxygen atoms in total. The van der Waals surface area contributed by atoms with E-state index in [0.717, 1.165) is 24.4 Å². The zero-order valence-electron chi connectivity index (χ0n) is 13.9. The molecular weight excluding hydrogens is 310 g/mol. The van der Waals surface area contributed by atoms with Gasteiger partial charge in [0, 0.05) is 29.6 Å². The van der Waals surface area contributed by atoms with Crippen LogP contribution in [-0.4, -0.2) is 25.0 Å². The van der Waals surface area contributed by atoms with Gasteiger partial charge in [-0.3, -0.25) is 15.6 Å². The molecule has 0 aromatic heterocycles. The quantitative estimate of drug-likeness (QED) is 0.793. The van der Waals surface area contributed by atoms with Crippen LogP contribution in [0.3, 0.4) is 0 Å². The predicted molar refractivity (Wildman–Crippen MR) is 93.2 cm³/mol. The van der Waals surface area contributed by atoms with E-state index in [1.807, 2.05) is 24.3 Å². The first-order valence-electron chi connectivity index (χ1n) is 8.49. The molecule has 3 unspecified atom stereocenters. The van der Waals surface area contributed by atoms with Crippen LogP contribution < -0.4 is 16.2 Å². The SMILES string of the molecule is CC(C)(CNC(=O)C1CCCC2CNNC21)c1ccc(Cl)cc1. The molecule has 3 rings (SSSR count). The molecule has 3 atom stereocenters. The molecule has 3 N–H and O–H groups in total. The van der Waals surface area contributed by atoms with Crippen LogP contribution in [0.4, 0.5) is 0 Å². The van der Waals surface area contributed by atoms with Gasteiger partial charge in [0.15, 0.2) is 0 Å². The summed E-state index contributed by atoms with van der Waals surface area (Å²) in [5.41, 5.74) is 7.58. The van der Waals surface area contributed by atoms with E-state index < -0.39 is 0 Å². The number of carbonyl (C=O) groups is 1. The van der Waals surface area contributed by atoms with Crippen molar-refractivity contribution >= 4 is 17.5 Å². The van der Waals surface area contributed by atoms with Crippen LogP contribution in [0, 0.1) is 11.8 Å². The number of amides is 1. The third-order valence-electron chi connectivity index (χ3n) is 5.33. The Morgan fingerprint density at radius 2 is 2.04 bits per heavy atom. The Bertz CT molecular complexity index is 558. The van der Waals surface area contributed by atoms with Crippen molar-refractivity contribution in [2.24, 2.45) is 11.8 Å². The smallest absolute Gasteiger partial charge is 0.224 e. The summed E-state index contributed by atoms with van der Waals surface area (Å²) in [5, 5.41) is 3.92. The van der Waals surface area contributed by atoms with E-state index in [9.17, 15) is 4.79 Å². The molecule has 1 aromatic carbocycles. The number of hydrazine groups is 1. The summed E-state index contributed by atoms with van der Waals surface area (Å²) in [6.07, 6.45) is 3.33. The van der Waals surface area contributed by atoms with Crippen LogP contribution in [0.1, 0.15) is 38.7 Å². The van der Waals surface area contributed by atoms with E-state index in [1.54, 1.807) is 0 Å². The summed E-state index contributed by atoms with van der Waals surface area (Å²) in [6, 6.07) is 8.16. The summed E-state index contributed by atoms with van der Waals surface area (Å²) < 4.78 is 0.